The van der Waals surface area contributed by atoms with E-state index in [0.717, 1.165) is 4.90 Å². The molecule has 1 aliphatic carbocycles. The first-order valence-electron chi connectivity index (χ1n) is 10.1. The Morgan fingerprint density at radius 2 is 2.03 bits per heavy atom. The van der Waals surface area contributed by atoms with E-state index < -0.39 is 29.7 Å². The molecule has 4 rings (SSSR count). The molecule has 0 saturated carbocycles. The van der Waals surface area contributed by atoms with Gasteiger partial charge in [-0.1, -0.05) is 35.9 Å². The van der Waals surface area contributed by atoms with Crippen molar-refractivity contribution in [2.45, 2.75) is 37.9 Å². The molecule has 3 aliphatic rings. The highest BCUT2D eigenvalue weighted by Crippen LogP contribution is 2.30. The van der Waals surface area contributed by atoms with Crippen LogP contribution < -0.4 is 10.6 Å². The van der Waals surface area contributed by atoms with E-state index in [1.807, 2.05) is 6.08 Å². The van der Waals surface area contributed by atoms with Crippen LogP contribution in [0.2, 0.25) is 0 Å². The Balaban J connectivity index is 1.50. The number of benzene rings is 1. The standard InChI is InChI=1S/C22H21ClN4O5/c1-26(22(32)24-14-7-5-13(23)6-8-14)11-12-3-2-4-15-18(12)21(31)27(20(15)30)16-9-10-17(28)25-19(16)29/h2-7,14,16H,8-11H2,1H3,(H,24,32)(H,25,28,29). The topological polar surface area (TPSA) is 116 Å². The SMILES string of the molecule is CN(Cc1cccc2c1C(=O)N(C1CCC(=O)NC1=O)C2=O)C(=O)NC1C=CC(Cl)=CC1. The van der Waals surface area contributed by atoms with Gasteiger partial charge in [0.2, 0.25) is 11.8 Å². The number of urea groups is 1. The van der Waals surface area contributed by atoms with Crippen molar-refractivity contribution >= 4 is 41.3 Å². The number of fused-ring (bicyclic) bond motifs is 1. The number of piperidine rings is 1. The summed E-state index contributed by atoms with van der Waals surface area (Å²) < 4.78 is 0. The maximum Gasteiger partial charge on any atom is 0.317 e. The van der Waals surface area contributed by atoms with Crippen molar-refractivity contribution in [1.82, 2.24) is 20.4 Å². The molecule has 0 aromatic heterocycles. The third-order valence-electron chi connectivity index (χ3n) is 5.67. The smallest absolute Gasteiger partial charge is 0.317 e. The van der Waals surface area contributed by atoms with Crippen molar-refractivity contribution < 1.29 is 24.0 Å². The van der Waals surface area contributed by atoms with Gasteiger partial charge in [0.25, 0.3) is 11.8 Å². The van der Waals surface area contributed by atoms with Crippen molar-refractivity contribution in [3.63, 3.8) is 0 Å². The van der Waals surface area contributed by atoms with Gasteiger partial charge in [-0.3, -0.25) is 29.4 Å². The second kappa shape index (κ2) is 8.58. The van der Waals surface area contributed by atoms with Gasteiger partial charge in [-0.05, 0) is 30.5 Å². The fourth-order valence-corrected chi connectivity index (χ4v) is 4.18. The number of nitrogens with one attached hydrogen (secondary N) is 2. The lowest BCUT2D eigenvalue weighted by Crippen LogP contribution is -2.54. The number of hydrogen-bond acceptors (Lipinski definition) is 5. The fourth-order valence-electron chi connectivity index (χ4n) is 4.01. The molecule has 2 aliphatic heterocycles. The molecule has 1 aromatic carbocycles. The zero-order chi connectivity index (χ0) is 23.0. The maximum absolute atomic E-state index is 13.1. The molecular formula is C22H21ClN4O5. The molecule has 6 amide bonds. The largest absolute Gasteiger partial charge is 0.331 e. The van der Waals surface area contributed by atoms with E-state index in [-0.39, 0.29) is 42.6 Å². The van der Waals surface area contributed by atoms with Gasteiger partial charge in [-0.15, -0.1) is 0 Å². The van der Waals surface area contributed by atoms with Crippen LogP contribution in [-0.4, -0.2) is 58.6 Å². The van der Waals surface area contributed by atoms with Crippen LogP contribution in [0.25, 0.3) is 0 Å². The maximum atomic E-state index is 13.1. The Hall–Kier alpha value is -3.46. The zero-order valence-corrected chi connectivity index (χ0v) is 18.0. The number of carbonyl (C=O) groups is 5. The molecule has 2 N–H and O–H groups in total. The molecule has 10 heteroatoms. The van der Waals surface area contributed by atoms with Crippen LogP contribution in [0, 0.1) is 0 Å². The molecule has 1 aromatic rings. The van der Waals surface area contributed by atoms with Crippen LogP contribution >= 0.6 is 11.6 Å². The lowest BCUT2D eigenvalue weighted by atomic mass is 10.0. The summed E-state index contributed by atoms with van der Waals surface area (Å²) in [7, 11) is 1.59. The van der Waals surface area contributed by atoms with Crippen LogP contribution in [-0.2, 0) is 16.1 Å². The first kappa shape index (κ1) is 21.8. The van der Waals surface area contributed by atoms with E-state index in [2.05, 4.69) is 10.6 Å². The molecule has 2 heterocycles. The average Bonchev–Trinajstić information content (AvgIpc) is 3.01. The fraction of sp³-hybridized carbons (Fsp3) is 0.318. The molecule has 9 nitrogen and oxygen atoms in total. The summed E-state index contributed by atoms with van der Waals surface area (Å²) in [5.74, 6) is -2.27. The van der Waals surface area contributed by atoms with Gasteiger partial charge >= 0.3 is 6.03 Å². The third-order valence-corrected chi connectivity index (χ3v) is 5.95. The number of nitrogens with zero attached hydrogens (tertiary/aromatic N) is 2. The molecule has 1 fully saturated rings. The van der Waals surface area contributed by atoms with Crippen molar-refractivity contribution in [3.05, 3.63) is 58.1 Å². The van der Waals surface area contributed by atoms with Crippen molar-refractivity contribution in [2.24, 2.45) is 0 Å². The summed E-state index contributed by atoms with van der Waals surface area (Å²) in [6.45, 7) is 0.0875. The van der Waals surface area contributed by atoms with Crippen LogP contribution in [0.15, 0.2) is 41.5 Å². The number of amides is 6. The minimum absolute atomic E-state index is 0.0512. The monoisotopic (exact) mass is 456 g/mol. The second-order valence-electron chi connectivity index (χ2n) is 7.88. The number of carbonyl (C=O) groups excluding carboxylic acids is 5. The quantitative estimate of drug-likeness (QED) is 0.669. The summed E-state index contributed by atoms with van der Waals surface area (Å²) >= 11 is 5.90. The Morgan fingerprint density at radius 1 is 1.25 bits per heavy atom. The number of imide groups is 2. The van der Waals surface area contributed by atoms with E-state index in [0.29, 0.717) is 17.0 Å². The Labute approximate surface area is 189 Å². The predicted octanol–water partition coefficient (Wildman–Crippen LogP) is 1.68. The van der Waals surface area contributed by atoms with Gasteiger partial charge in [0.1, 0.15) is 6.04 Å². The van der Waals surface area contributed by atoms with Gasteiger partial charge in [0.15, 0.2) is 0 Å². The Kier molecular flexibility index (Phi) is 5.84. The summed E-state index contributed by atoms with van der Waals surface area (Å²) in [5, 5.41) is 5.66. The summed E-state index contributed by atoms with van der Waals surface area (Å²) in [6, 6.07) is 3.25. The van der Waals surface area contributed by atoms with Gasteiger partial charge in [0, 0.05) is 25.0 Å². The molecule has 0 spiro atoms. The highest BCUT2D eigenvalue weighted by Gasteiger charge is 2.45. The van der Waals surface area contributed by atoms with Gasteiger partial charge in [0.05, 0.1) is 17.2 Å². The summed E-state index contributed by atoms with van der Waals surface area (Å²) in [6.07, 6.45) is 6.03. The van der Waals surface area contributed by atoms with Crippen molar-refractivity contribution in [2.75, 3.05) is 7.05 Å². The lowest BCUT2D eigenvalue weighted by molar-refractivity contribution is -0.136. The molecule has 0 bridgehead atoms. The third kappa shape index (κ3) is 4.03. The van der Waals surface area contributed by atoms with Gasteiger partial charge in [-0.25, -0.2) is 4.79 Å². The van der Waals surface area contributed by atoms with Crippen molar-refractivity contribution in [3.8, 4) is 0 Å². The highest BCUT2D eigenvalue weighted by molar-refractivity contribution is 6.31. The summed E-state index contributed by atoms with van der Waals surface area (Å²) in [4.78, 5) is 64.7. The molecular weight excluding hydrogens is 436 g/mol. The predicted molar refractivity (Wildman–Crippen MR) is 115 cm³/mol. The molecule has 166 valence electrons. The highest BCUT2D eigenvalue weighted by atomic mass is 35.5. The number of hydrogen-bond donors (Lipinski definition) is 2. The van der Waals surface area contributed by atoms with E-state index in [9.17, 15) is 24.0 Å². The van der Waals surface area contributed by atoms with E-state index in [1.54, 1.807) is 31.3 Å². The molecule has 32 heavy (non-hydrogen) atoms. The Morgan fingerprint density at radius 3 is 2.72 bits per heavy atom. The molecule has 2 atom stereocenters. The van der Waals surface area contributed by atoms with Gasteiger partial charge in [-0.2, -0.15) is 0 Å². The van der Waals surface area contributed by atoms with Crippen LogP contribution in [0.5, 0.6) is 0 Å². The molecule has 1 saturated heterocycles. The molecule has 0 radical (unpaired) electrons. The van der Waals surface area contributed by atoms with Crippen molar-refractivity contribution in [1.29, 1.82) is 0 Å². The van der Waals surface area contributed by atoms with Crippen LogP contribution in [0.1, 0.15) is 45.5 Å². The summed E-state index contributed by atoms with van der Waals surface area (Å²) in [5.41, 5.74) is 0.852. The van der Waals surface area contributed by atoms with E-state index in [1.165, 1.54) is 11.0 Å². The molecule has 2 unspecified atom stereocenters. The first-order valence-corrected chi connectivity index (χ1v) is 10.5. The minimum Gasteiger partial charge on any atom is -0.331 e. The average molecular weight is 457 g/mol. The second-order valence-corrected chi connectivity index (χ2v) is 8.32. The lowest BCUT2D eigenvalue weighted by Gasteiger charge is -2.28. The number of rotatable bonds is 4. The number of halogens is 1. The normalized spacial score (nSPS) is 22.4. The first-order chi connectivity index (χ1) is 15.3. The Bertz CT molecular complexity index is 1100. The van der Waals surface area contributed by atoms with Gasteiger partial charge < -0.3 is 10.2 Å². The minimum atomic E-state index is -1.04. The van der Waals surface area contributed by atoms with Crippen LogP contribution in [0.4, 0.5) is 4.79 Å². The van der Waals surface area contributed by atoms with E-state index >= 15 is 0 Å². The number of allylic oxidation sites excluding steroid dienone is 2. The zero-order valence-electron chi connectivity index (χ0n) is 17.3. The van der Waals surface area contributed by atoms with Crippen LogP contribution in [0.3, 0.4) is 0 Å². The van der Waals surface area contributed by atoms with E-state index in [4.69, 9.17) is 11.6 Å².